The highest BCUT2D eigenvalue weighted by molar-refractivity contribution is 7.92. The second-order valence-electron chi connectivity index (χ2n) is 7.66. The Morgan fingerprint density at radius 1 is 1.06 bits per heavy atom. The first-order chi connectivity index (χ1) is 16.6. The molecule has 1 amide bonds. The number of hydrogen-bond donors (Lipinski definition) is 2. The van der Waals surface area contributed by atoms with Gasteiger partial charge in [-0.05, 0) is 57.2 Å². The van der Waals surface area contributed by atoms with Gasteiger partial charge in [0.1, 0.15) is 17.7 Å². The monoisotopic (exact) mass is 494 g/mol. The molecule has 13 heteroatoms. The zero-order chi connectivity index (χ0) is 25.2. The van der Waals surface area contributed by atoms with E-state index in [0.29, 0.717) is 23.0 Å². The zero-order valence-corrected chi connectivity index (χ0v) is 19.9. The molecule has 180 valence electrons. The molecule has 35 heavy (non-hydrogen) atoms. The molecule has 1 aromatic carbocycles. The third-order valence-electron chi connectivity index (χ3n) is 4.93. The Labute approximate surface area is 200 Å². The van der Waals surface area contributed by atoms with E-state index in [1.165, 1.54) is 54.1 Å². The summed E-state index contributed by atoms with van der Waals surface area (Å²) in [5.41, 5.74) is 0.531. The van der Waals surface area contributed by atoms with Crippen LogP contribution in [0.15, 0.2) is 70.6 Å². The first-order valence-electron chi connectivity index (χ1n) is 10.5. The van der Waals surface area contributed by atoms with Crippen LogP contribution in [0.2, 0.25) is 0 Å². The molecule has 4 aromatic rings. The van der Waals surface area contributed by atoms with E-state index in [1.54, 1.807) is 32.3 Å². The summed E-state index contributed by atoms with van der Waals surface area (Å²) in [5.74, 6) is 0.485. The van der Waals surface area contributed by atoms with E-state index in [-0.39, 0.29) is 10.7 Å². The molecule has 0 radical (unpaired) electrons. The van der Waals surface area contributed by atoms with Gasteiger partial charge in [-0.3, -0.25) is 14.3 Å². The maximum Gasteiger partial charge on any atom is 0.267 e. The Hall–Kier alpha value is -4.39. The van der Waals surface area contributed by atoms with Gasteiger partial charge in [0, 0.05) is 35.9 Å². The summed E-state index contributed by atoms with van der Waals surface area (Å²) >= 11 is 0. The van der Waals surface area contributed by atoms with Crippen LogP contribution in [0, 0.1) is 13.8 Å². The SMILES string of the molecule is Cc1cc(NS(=O)(=O)c2ccc(NC(=O)C(C)n3nc(-n4cccn4)ccc3=O)cc2)nc(C)n1. The summed E-state index contributed by atoms with van der Waals surface area (Å²) in [4.78, 5) is 33.3. The Morgan fingerprint density at radius 3 is 2.46 bits per heavy atom. The minimum absolute atomic E-state index is 0.0118. The number of aromatic nitrogens is 6. The third-order valence-corrected chi connectivity index (χ3v) is 6.30. The Morgan fingerprint density at radius 2 is 1.80 bits per heavy atom. The molecule has 2 N–H and O–H groups in total. The van der Waals surface area contributed by atoms with Gasteiger partial charge in [0.25, 0.3) is 15.6 Å². The Bertz CT molecular complexity index is 1510. The van der Waals surface area contributed by atoms with Gasteiger partial charge in [0.15, 0.2) is 5.82 Å². The molecule has 3 aromatic heterocycles. The van der Waals surface area contributed by atoms with E-state index in [1.807, 2.05) is 0 Å². The van der Waals surface area contributed by atoms with Crippen molar-refractivity contribution in [3.05, 3.63) is 82.8 Å². The van der Waals surface area contributed by atoms with E-state index in [0.717, 1.165) is 4.68 Å². The largest absolute Gasteiger partial charge is 0.324 e. The summed E-state index contributed by atoms with van der Waals surface area (Å²) in [6.45, 7) is 4.94. The summed E-state index contributed by atoms with van der Waals surface area (Å²) in [6.07, 6.45) is 3.24. The van der Waals surface area contributed by atoms with Crippen molar-refractivity contribution in [2.45, 2.75) is 31.7 Å². The quantitative estimate of drug-likeness (QED) is 0.394. The molecular formula is C22H22N8O4S. The number of nitrogens with zero attached hydrogens (tertiary/aromatic N) is 6. The van der Waals surface area contributed by atoms with E-state index in [2.05, 4.69) is 30.2 Å². The Balaban J connectivity index is 1.48. The Kier molecular flexibility index (Phi) is 6.42. The lowest BCUT2D eigenvalue weighted by atomic mass is 10.2. The van der Waals surface area contributed by atoms with Gasteiger partial charge in [-0.1, -0.05) is 0 Å². The van der Waals surface area contributed by atoms with Gasteiger partial charge < -0.3 is 5.32 Å². The molecule has 0 saturated carbocycles. The van der Waals surface area contributed by atoms with Crippen molar-refractivity contribution in [1.82, 2.24) is 29.5 Å². The number of hydrogen-bond acceptors (Lipinski definition) is 8. The lowest BCUT2D eigenvalue weighted by Gasteiger charge is -2.15. The van der Waals surface area contributed by atoms with Gasteiger partial charge in [0.2, 0.25) is 5.91 Å². The van der Waals surface area contributed by atoms with Crippen molar-refractivity contribution in [2.75, 3.05) is 10.0 Å². The lowest BCUT2D eigenvalue weighted by molar-refractivity contribution is -0.119. The molecular weight excluding hydrogens is 472 g/mol. The van der Waals surface area contributed by atoms with Gasteiger partial charge >= 0.3 is 0 Å². The van der Waals surface area contributed by atoms with Crippen molar-refractivity contribution in [3.63, 3.8) is 0 Å². The predicted octanol–water partition coefficient (Wildman–Crippen LogP) is 1.84. The van der Waals surface area contributed by atoms with Crippen molar-refractivity contribution >= 4 is 27.4 Å². The second-order valence-corrected chi connectivity index (χ2v) is 9.34. The normalized spacial score (nSPS) is 12.2. The molecule has 0 aliphatic carbocycles. The first-order valence-corrected chi connectivity index (χ1v) is 12.0. The smallest absolute Gasteiger partial charge is 0.267 e. The summed E-state index contributed by atoms with van der Waals surface area (Å²) < 4.78 is 30.4. The van der Waals surface area contributed by atoms with E-state index in [9.17, 15) is 18.0 Å². The second kappa shape index (κ2) is 9.46. The van der Waals surface area contributed by atoms with Crippen LogP contribution in [-0.2, 0) is 14.8 Å². The van der Waals surface area contributed by atoms with Gasteiger partial charge in [-0.2, -0.15) is 5.10 Å². The number of anilines is 2. The minimum Gasteiger partial charge on any atom is -0.324 e. The number of nitrogens with one attached hydrogen (secondary N) is 2. The van der Waals surface area contributed by atoms with Crippen LogP contribution in [0.25, 0.3) is 5.82 Å². The fraction of sp³-hybridized carbons (Fsp3) is 0.182. The molecule has 1 unspecified atom stereocenters. The molecule has 1 atom stereocenters. The van der Waals surface area contributed by atoms with Crippen molar-refractivity contribution in [2.24, 2.45) is 0 Å². The van der Waals surface area contributed by atoms with Gasteiger partial charge in [0.05, 0.1) is 4.90 Å². The summed E-state index contributed by atoms with van der Waals surface area (Å²) in [5, 5.41) is 11.0. The fourth-order valence-electron chi connectivity index (χ4n) is 3.26. The highest BCUT2D eigenvalue weighted by Gasteiger charge is 2.20. The number of carbonyl (C=O) groups excluding carboxylic acids is 1. The molecule has 0 bridgehead atoms. The highest BCUT2D eigenvalue weighted by Crippen LogP contribution is 2.18. The number of rotatable bonds is 7. The third kappa shape index (κ3) is 5.41. The number of amides is 1. The molecule has 0 aliphatic heterocycles. The summed E-state index contributed by atoms with van der Waals surface area (Å²) in [6, 6.07) is 10.7. The molecule has 0 fully saturated rings. The van der Waals surface area contributed by atoms with Crippen LogP contribution in [0.4, 0.5) is 11.5 Å². The average Bonchev–Trinajstić information content (AvgIpc) is 3.33. The predicted molar refractivity (Wildman–Crippen MR) is 128 cm³/mol. The van der Waals surface area contributed by atoms with Crippen molar-refractivity contribution < 1.29 is 13.2 Å². The van der Waals surface area contributed by atoms with Gasteiger partial charge in [-0.25, -0.2) is 27.7 Å². The van der Waals surface area contributed by atoms with Crippen LogP contribution >= 0.6 is 0 Å². The van der Waals surface area contributed by atoms with E-state index >= 15 is 0 Å². The van der Waals surface area contributed by atoms with E-state index in [4.69, 9.17) is 0 Å². The molecule has 0 aliphatic rings. The first kappa shape index (κ1) is 23.8. The van der Waals surface area contributed by atoms with E-state index < -0.39 is 27.5 Å². The number of aryl methyl sites for hydroxylation is 2. The zero-order valence-electron chi connectivity index (χ0n) is 19.1. The lowest BCUT2D eigenvalue weighted by Crippen LogP contribution is -2.33. The number of carbonyl (C=O) groups is 1. The van der Waals surface area contributed by atoms with Crippen LogP contribution in [0.5, 0.6) is 0 Å². The number of benzene rings is 1. The van der Waals surface area contributed by atoms with Crippen LogP contribution in [0.1, 0.15) is 24.5 Å². The van der Waals surface area contributed by atoms with Crippen molar-refractivity contribution in [1.29, 1.82) is 0 Å². The number of sulfonamides is 1. The topological polar surface area (TPSA) is 154 Å². The summed E-state index contributed by atoms with van der Waals surface area (Å²) in [7, 11) is -3.90. The molecule has 12 nitrogen and oxygen atoms in total. The van der Waals surface area contributed by atoms with Crippen molar-refractivity contribution in [3.8, 4) is 5.82 Å². The molecule has 0 spiro atoms. The standard InChI is InChI=1S/C22H22N8O4S/c1-14-13-19(25-16(3)24-14)28-35(33,34)18-7-5-17(6-8-18)26-22(32)15(2)30-21(31)10-9-20(27-30)29-12-4-11-23-29/h4-13,15H,1-3H3,(H,26,32)(H,24,25,28). The average molecular weight is 495 g/mol. The molecule has 0 saturated heterocycles. The van der Waals surface area contributed by atoms with Crippen LogP contribution in [-0.4, -0.2) is 43.9 Å². The maximum absolute atomic E-state index is 12.8. The maximum atomic E-state index is 12.8. The van der Waals surface area contributed by atoms with Crippen LogP contribution < -0.4 is 15.6 Å². The minimum atomic E-state index is -3.90. The molecule has 3 heterocycles. The highest BCUT2D eigenvalue weighted by atomic mass is 32.2. The van der Waals surface area contributed by atoms with Gasteiger partial charge in [-0.15, -0.1) is 5.10 Å². The molecule has 4 rings (SSSR count). The van der Waals surface area contributed by atoms with Crippen LogP contribution in [0.3, 0.4) is 0 Å². The fourth-order valence-corrected chi connectivity index (χ4v) is 4.25.